The highest BCUT2D eigenvalue weighted by atomic mass is 79.9. The van der Waals surface area contributed by atoms with Gasteiger partial charge in [0.05, 0.1) is 6.54 Å². The maximum absolute atomic E-state index is 12.0. The molecule has 1 aromatic heterocycles. The number of carbonyl (C=O) groups is 1. The molecule has 6 nitrogen and oxygen atoms in total. The van der Waals surface area contributed by atoms with Crippen LogP contribution in [0.3, 0.4) is 0 Å². The highest BCUT2D eigenvalue weighted by Crippen LogP contribution is 2.36. The number of hydrogen-bond donors (Lipinski definition) is 2. The zero-order valence-corrected chi connectivity index (χ0v) is 11.8. The van der Waals surface area contributed by atoms with Crippen molar-refractivity contribution in [1.29, 1.82) is 0 Å². The van der Waals surface area contributed by atoms with E-state index < -0.39 is 0 Å². The van der Waals surface area contributed by atoms with Crippen LogP contribution in [0, 0.1) is 0 Å². The van der Waals surface area contributed by atoms with Gasteiger partial charge in [-0.2, -0.15) is 0 Å². The maximum Gasteiger partial charge on any atom is 0.246 e. The molecule has 7 heteroatoms. The van der Waals surface area contributed by atoms with E-state index >= 15 is 0 Å². The summed E-state index contributed by atoms with van der Waals surface area (Å²) in [6.45, 7) is 0.482. The minimum atomic E-state index is -0.373. The van der Waals surface area contributed by atoms with E-state index in [1.165, 1.54) is 0 Å². The van der Waals surface area contributed by atoms with Gasteiger partial charge in [-0.25, -0.2) is 0 Å². The van der Waals surface area contributed by atoms with Crippen molar-refractivity contribution in [3.63, 3.8) is 0 Å². The molecule has 2 N–H and O–H groups in total. The third-order valence-electron chi connectivity index (χ3n) is 3.13. The second kappa shape index (κ2) is 4.75. The van der Waals surface area contributed by atoms with Crippen LogP contribution in [0.4, 0.5) is 5.69 Å². The third-order valence-corrected chi connectivity index (χ3v) is 3.82. The van der Waals surface area contributed by atoms with E-state index in [0.717, 1.165) is 21.5 Å². The first kappa shape index (κ1) is 12.3. The Bertz CT molecular complexity index is 639. The van der Waals surface area contributed by atoms with E-state index in [-0.39, 0.29) is 11.9 Å². The Morgan fingerprint density at radius 2 is 2.37 bits per heavy atom. The molecule has 3 rings (SSSR count). The number of amides is 1. The number of rotatable bonds is 3. The number of nitrogens with zero attached hydrogens (tertiary/aromatic N) is 3. The van der Waals surface area contributed by atoms with Crippen LogP contribution < -0.4 is 10.6 Å². The van der Waals surface area contributed by atoms with E-state index in [1.807, 2.05) is 29.8 Å². The highest BCUT2D eigenvalue weighted by molar-refractivity contribution is 9.10. The number of hydrogen-bond acceptors (Lipinski definition) is 4. The van der Waals surface area contributed by atoms with Crippen molar-refractivity contribution in [3.05, 3.63) is 40.4 Å². The van der Waals surface area contributed by atoms with Crippen LogP contribution in [0.25, 0.3) is 0 Å². The first-order valence-corrected chi connectivity index (χ1v) is 6.61. The van der Waals surface area contributed by atoms with Crippen molar-refractivity contribution >= 4 is 27.5 Å². The summed E-state index contributed by atoms with van der Waals surface area (Å²) >= 11 is 3.48. The normalized spacial score (nSPS) is 17.4. The van der Waals surface area contributed by atoms with Crippen LogP contribution in [0.15, 0.2) is 29.0 Å². The Hall–Kier alpha value is -1.73. The molecule has 1 amide bonds. The number of aromatic nitrogens is 3. The van der Waals surface area contributed by atoms with Crippen molar-refractivity contribution in [2.45, 2.75) is 12.6 Å². The standard InChI is InChI=1S/C12H12BrN5O/c1-18-6-15-17-9(18)5-14-11-10-7(13)3-2-4-8(10)16-12(11)19/h2-4,6,11,14H,5H2,1H3,(H,16,19). The van der Waals surface area contributed by atoms with E-state index in [0.29, 0.717) is 6.54 Å². The molecule has 1 unspecified atom stereocenters. The lowest BCUT2D eigenvalue weighted by molar-refractivity contribution is -0.117. The number of fused-ring (bicyclic) bond motifs is 1. The Balaban J connectivity index is 1.83. The molecule has 0 saturated carbocycles. The Labute approximate surface area is 118 Å². The van der Waals surface area contributed by atoms with Crippen molar-refractivity contribution in [3.8, 4) is 0 Å². The molecule has 0 bridgehead atoms. The number of aryl methyl sites for hydroxylation is 1. The molecule has 0 saturated heterocycles. The van der Waals surface area contributed by atoms with E-state index in [1.54, 1.807) is 6.33 Å². The second-order valence-electron chi connectivity index (χ2n) is 4.36. The van der Waals surface area contributed by atoms with Gasteiger partial charge in [-0.15, -0.1) is 10.2 Å². The van der Waals surface area contributed by atoms with Crippen LogP contribution in [0.1, 0.15) is 17.4 Å². The second-order valence-corrected chi connectivity index (χ2v) is 5.22. The molecular weight excluding hydrogens is 310 g/mol. The van der Waals surface area contributed by atoms with E-state index in [9.17, 15) is 4.79 Å². The van der Waals surface area contributed by atoms with Crippen molar-refractivity contribution in [2.24, 2.45) is 7.05 Å². The van der Waals surface area contributed by atoms with Crippen LogP contribution in [-0.2, 0) is 18.4 Å². The van der Waals surface area contributed by atoms with Crippen molar-refractivity contribution < 1.29 is 4.79 Å². The third kappa shape index (κ3) is 2.15. The number of nitrogens with one attached hydrogen (secondary N) is 2. The van der Waals surface area contributed by atoms with E-state index in [4.69, 9.17) is 0 Å². The predicted octanol–water partition coefficient (Wildman–Crippen LogP) is 1.36. The molecule has 1 aliphatic heterocycles. The summed E-state index contributed by atoms with van der Waals surface area (Å²) in [4.78, 5) is 12.0. The van der Waals surface area contributed by atoms with Crippen LogP contribution in [-0.4, -0.2) is 20.7 Å². The number of carbonyl (C=O) groups excluding carboxylic acids is 1. The summed E-state index contributed by atoms with van der Waals surface area (Å²) < 4.78 is 2.74. The SMILES string of the molecule is Cn1cnnc1CNC1C(=O)Nc2cccc(Br)c21. The molecular formula is C12H12BrN5O. The van der Waals surface area contributed by atoms with Gasteiger partial charge in [0, 0.05) is 22.8 Å². The molecule has 2 heterocycles. The number of halogens is 1. The molecule has 1 aliphatic rings. The monoisotopic (exact) mass is 321 g/mol. The number of anilines is 1. The zero-order valence-electron chi connectivity index (χ0n) is 10.2. The lowest BCUT2D eigenvalue weighted by Crippen LogP contribution is -2.28. The highest BCUT2D eigenvalue weighted by Gasteiger charge is 2.32. The fourth-order valence-electron chi connectivity index (χ4n) is 2.13. The van der Waals surface area contributed by atoms with Crippen LogP contribution >= 0.6 is 15.9 Å². The largest absolute Gasteiger partial charge is 0.324 e. The van der Waals surface area contributed by atoms with Gasteiger partial charge in [0.25, 0.3) is 0 Å². The maximum atomic E-state index is 12.0. The first-order valence-electron chi connectivity index (χ1n) is 5.82. The Morgan fingerprint density at radius 1 is 1.53 bits per heavy atom. The quantitative estimate of drug-likeness (QED) is 0.895. The minimum absolute atomic E-state index is 0.0518. The summed E-state index contributed by atoms with van der Waals surface area (Å²) in [5.74, 6) is 0.734. The molecule has 0 spiro atoms. The van der Waals surface area contributed by atoms with E-state index in [2.05, 4.69) is 36.8 Å². The molecule has 0 aliphatic carbocycles. The number of benzene rings is 1. The van der Waals surface area contributed by atoms with Crippen LogP contribution in [0.2, 0.25) is 0 Å². The predicted molar refractivity (Wildman–Crippen MR) is 73.4 cm³/mol. The van der Waals surface area contributed by atoms with Gasteiger partial charge in [0.15, 0.2) is 0 Å². The molecule has 0 radical (unpaired) electrons. The minimum Gasteiger partial charge on any atom is -0.324 e. The Morgan fingerprint density at radius 3 is 3.11 bits per heavy atom. The summed E-state index contributed by atoms with van der Waals surface area (Å²) in [6, 6.07) is 5.34. The average molecular weight is 322 g/mol. The summed E-state index contributed by atoms with van der Waals surface area (Å²) in [6.07, 6.45) is 1.63. The molecule has 19 heavy (non-hydrogen) atoms. The summed E-state index contributed by atoms with van der Waals surface area (Å²) in [7, 11) is 1.87. The molecule has 1 atom stereocenters. The molecule has 98 valence electrons. The van der Waals surface area contributed by atoms with Gasteiger partial charge in [-0.05, 0) is 12.1 Å². The van der Waals surface area contributed by atoms with Gasteiger partial charge in [0.1, 0.15) is 18.2 Å². The summed E-state index contributed by atoms with van der Waals surface area (Å²) in [5, 5.41) is 13.9. The molecule has 0 fully saturated rings. The van der Waals surface area contributed by atoms with Gasteiger partial charge >= 0.3 is 0 Å². The average Bonchev–Trinajstić information content (AvgIpc) is 2.91. The first-order chi connectivity index (χ1) is 9.16. The molecule has 1 aromatic carbocycles. The van der Waals surface area contributed by atoms with Gasteiger partial charge in [-0.3, -0.25) is 10.1 Å². The topological polar surface area (TPSA) is 71.8 Å². The molecule has 2 aromatic rings. The van der Waals surface area contributed by atoms with Gasteiger partial charge in [-0.1, -0.05) is 22.0 Å². The van der Waals surface area contributed by atoms with Crippen LogP contribution in [0.5, 0.6) is 0 Å². The van der Waals surface area contributed by atoms with Crippen molar-refractivity contribution in [1.82, 2.24) is 20.1 Å². The fraction of sp³-hybridized carbons (Fsp3) is 0.250. The van der Waals surface area contributed by atoms with Crippen molar-refractivity contribution in [2.75, 3.05) is 5.32 Å². The van der Waals surface area contributed by atoms with Gasteiger partial charge in [0.2, 0.25) is 5.91 Å². The lowest BCUT2D eigenvalue weighted by atomic mass is 10.1. The van der Waals surface area contributed by atoms with Gasteiger partial charge < -0.3 is 9.88 Å². The fourth-order valence-corrected chi connectivity index (χ4v) is 2.73. The Kier molecular flexibility index (Phi) is 3.08. The summed E-state index contributed by atoms with van der Waals surface area (Å²) in [5.41, 5.74) is 1.78. The zero-order chi connectivity index (χ0) is 13.4. The smallest absolute Gasteiger partial charge is 0.246 e. The lowest BCUT2D eigenvalue weighted by Gasteiger charge is -2.12.